The highest BCUT2D eigenvalue weighted by Gasteiger charge is 1.95. The minimum atomic E-state index is -0.321. The predicted octanol–water partition coefficient (Wildman–Crippen LogP) is 1.81. The number of nitrogens with zero attached hydrogens (tertiary/aromatic N) is 1. The van der Waals surface area contributed by atoms with Gasteiger partial charge in [0.15, 0.2) is 5.11 Å². The minimum absolute atomic E-state index is 0.321. The van der Waals surface area contributed by atoms with E-state index in [1.165, 1.54) is 12.3 Å². The summed E-state index contributed by atoms with van der Waals surface area (Å²) in [6, 6.07) is 6.35. The zero-order valence-electron chi connectivity index (χ0n) is 8.61. The highest BCUT2D eigenvalue weighted by Crippen LogP contribution is 2.02. The first-order chi connectivity index (χ1) is 7.74. The molecule has 1 aromatic rings. The van der Waals surface area contributed by atoms with Gasteiger partial charge in [0.1, 0.15) is 5.82 Å². The third-order valence-electron chi connectivity index (χ3n) is 1.68. The Bertz CT molecular complexity index is 404. The van der Waals surface area contributed by atoms with Crippen LogP contribution in [0.5, 0.6) is 0 Å². The van der Waals surface area contributed by atoms with Gasteiger partial charge in [0.25, 0.3) is 0 Å². The van der Waals surface area contributed by atoms with Gasteiger partial charge >= 0.3 is 0 Å². The van der Waals surface area contributed by atoms with Crippen LogP contribution in [-0.4, -0.2) is 17.9 Å². The fourth-order valence-corrected chi connectivity index (χ4v) is 1.08. The lowest BCUT2D eigenvalue weighted by atomic mass is 10.2. The zero-order chi connectivity index (χ0) is 11.8. The molecule has 0 bridgehead atoms. The van der Waals surface area contributed by atoms with Crippen molar-refractivity contribution in [3.63, 3.8) is 0 Å². The lowest BCUT2D eigenvalue weighted by Gasteiger charge is -2.03. The molecule has 0 saturated carbocycles. The van der Waals surface area contributed by atoms with Crippen molar-refractivity contribution in [1.82, 2.24) is 10.7 Å². The first-order valence-corrected chi connectivity index (χ1v) is 5.07. The summed E-state index contributed by atoms with van der Waals surface area (Å²) >= 11 is 4.89. The van der Waals surface area contributed by atoms with E-state index in [-0.39, 0.29) is 5.82 Å². The smallest absolute Gasteiger partial charge is 0.187 e. The second-order valence-electron chi connectivity index (χ2n) is 2.89. The van der Waals surface area contributed by atoms with E-state index in [1.807, 2.05) is 0 Å². The number of thiocarbonyl (C=S) groups is 1. The highest BCUT2D eigenvalue weighted by molar-refractivity contribution is 7.80. The number of benzene rings is 1. The number of rotatable bonds is 4. The molecule has 0 saturated heterocycles. The van der Waals surface area contributed by atoms with Crippen LogP contribution < -0.4 is 10.7 Å². The molecule has 0 spiro atoms. The normalized spacial score (nSPS) is 10.1. The minimum Gasteiger partial charge on any atom is -0.358 e. The standard InChI is InChI=1S/C11H12FN3S/c1-2-7-13-11(16)15-14-8-9-5-3-4-6-10(9)12/h2-6,8H,1,7H2,(H2,13,15,16)/b14-8-. The van der Waals surface area contributed by atoms with Crippen molar-refractivity contribution in [2.24, 2.45) is 5.10 Å². The van der Waals surface area contributed by atoms with Gasteiger partial charge in [-0.25, -0.2) is 4.39 Å². The quantitative estimate of drug-likeness (QED) is 0.363. The van der Waals surface area contributed by atoms with E-state index in [0.29, 0.717) is 17.2 Å². The summed E-state index contributed by atoms with van der Waals surface area (Å²) in [5.41, 5.74) is 2.97. The van der Waals surface area contributed by atoms with E-state index in [4.69, 9.17) is 12.2 Å². The van der Waals surface area contributed by atoms with Gasteiger partial charge in [-0.1, -0.05) is 24.3 Å². The molecule has 5 heteroatoms. The SMILES string of the molecule is C=CCNC(=S)N/N=C\c1ccccc1F. The van der Waals surface area contributed by atoms with Crippen LogP contribution in [0.1, 0.15) is 5.56 Å². The maximum Gasteiger partial charge on any atom is 0.187 e. The first kappa shape index (κ1) is 12.3. The van der Waals surface area contributed by atoms with Crippen molar-refractivity contribution in [2.75, 3.05) is 6.54 Å². The molecule has 0 aromatic heterocycles. The largest absolute Gasteiger partial charge is 0.358 e. The summed E-state index contributed by atoms with van der Waals surface area (Å²) in [6.45, 7) is 4.09. The van der Waals surface area contributed by atoms with Crippen molar-refractivity contribution in [2.45, 2.75) is 0 Å². The molecule has 84 valence electrons. The average molecular weight is 237 g/mol. The van der Waals surface area contributed by atoms with Crippen LogP contribution in [0.3, 0.4) is 0 Å². The molecule has 0 radical (unpaired) electrons. The number of nitrogens with one attached hydrogen (secondary N) is 2. The molecule has 3 nitrogen and oxygen atoms in total. The van der Waals surface area contributed by atoms with Crippen LogP contribution in [-0.2, 0) is 0 Å². The third kappa shape index (κ3) is 4.18. The molecule has 0 aliphatic carbocycles. The van der Waals surface area contributed by atoms with Crippen molar-refractivity contribution < 1.29 is 4.39 Å². The zero-order valence-corrected chi connectivity index (χ0v) is 9.43. The number of halogens is 1. The first-order valence-electron chi connectivity index (χ1n) is 4.66. The Kier molecular flexibility index (Phi) is 5.15. The van der Waals surface area contributed by atoms with E-state index < -0.39 is 0 Å². The van der Waals surface area contributed by atoms with Crippen LogP contribution in [0.4, 0.5) is 4.39 Å². The van der Waals surface area contributed by atoms with Crippen molar-refractivity contribution in [1.29, 1.82) is 0 Å². The van der Waals surface area contributed by atoms with Gasteiger partial charge in [-0.2, -0.15) is 5.10 Å². The number of hydrazone groups is 1. The van der Waals surface area contributed by atoms with Gasteiger partial charge in [0.05, 0.1) is 6.21 Å². The lowest BCUT2D eigenvalue weighted by Crippen LogP contribution is -2.31. The van der Waals surface area contributed by atoms with E-state index in [1.54, 1.807) is 24.3 Å². The fourth-order valence-electron chi connectivity index (χ4n) is 0.945. The van der Waals surface area contributed by atoms with Gasteiger partial charge in [-0.05, 0) is 18.3 Å². The van der Waals surface area contributed by atoms with Gasteiger partial charge in [-0.3, -0.25) is 5.43 Å². The molecule has 0 heterocycles. The maximum atomic E-state index is 13.1. The number of hydrogen-bond acceptors (Lipinski definition) is 2. The topological polar surface area (TPSA) is 36.4 Å². The Labute approximate surface area is 99.1 Å². The van der Waals surface area contributed by atoms with E-state index in [0.717, 1.165) is 0 Å². The van der Waals surface area contributed by atoms with Crippen LogP contribution in [0, 0.1) is 5.82 Å². The van der Waals surface area contributed by atoms with E-state index >= 15 is 0 Å². The molecule has 0 atom stereocenters. The van der Waals surface area contributed by atoms with E-state index in [2.05, 4.69) is 22.4 Å². The van der Waals surface area contributed by atoms with Crippen LogP contribution in [0.15, 0.2) is 42.0 Å². The van der Waals surface area contributed by atoms with Crippen LogP contribution in [0.25, 0.3) is 0 Å². The Morgan fingerprint density at radius 3 is 2.94 bits per heavy atom. The molecule has 0 aliphatic heterocycles. The summed E-state index contributed by atoms with van der Waals surface area (Å²) in [5, 5.41) is 7.00. The summed E-state index contributed by atoms with van der Waals surface area (Å²) in [5.74, 6) is -0.321. The number of hydrogen-bond donors (Lipinski definition) is 2. The molecular weight excluding hydrogens is 225 g/mol. The van der Waals surface area contributed by atoms with Gasteiger partial charge in [-0.15, -0.1) is 6.58 Å². The Morgan fingerprint density at radius 2 is 2.25 bits per heavy atom. The molecular formula is C11H12FN3S. The molecule has 0 fully saturated rings. The van der Waals surface area contributed by atoms with Gasteiger partial charge in [0.2, 0.25) is 0 Å². The summed E-state index contributed by atoms with van der Waals surface area (Å²) in [4.78, 5) is 0. The molecule has 0 amide bonds. The van der Waals surface area contributed by atoms with Crippen molar-refractivity contribution in [3.05, 3.63) is 48.3 Å². The summed E-state index contributed by atoms with van der Waals surface area (Å²) < 4.78 is 13.1. The second-order valence-corrected chi connectivity index (χ2v) is 3.30. The highest BCUT2D eigenvalue weighted by atomic mass is 32.1. The molecule has 0 aliphatic rings. The molecule has 1 rings (SSSR count). The Balaban J connectivity index is 2.46. The maximum absolute atomic E-state index is 13.1. The van der Waals surface area contributed by atoms with Gasteiger partial charge in [0, 0.05) is 12.1 Å². The monoisotopic (exact) mass is 237 g/mol. The second kappa shape index (κ2) is 6.68. The molecule has 16 heavy (non-hydrogen) atoms. The molecule has 2 N–H and O–H groups in total. The van der Waals surface area contributed by atoms with Crippen molar-refractivity contribution >= 4 is 23.5 Å². The van der Waals surface area contributed by atoms with Gasteiger partial charge < -0.3 is 5.32 Å². The van der Waals surface area contributed by atoms with Crippen molar-refractivity contribution in [3.8, 4) is 0 Å². The summed E-state index contributed by atoms with van der Waals surface area (Å²) in [6.07, 6.45) is 3.05. The lowest BCUT2D eigenvalue weighted by molar-refractivity contribution is 0.626. The van der Waals surface area contributed by atoms with Crippen LogP contribution in [0.2, 0.25) is 0 Å². The predicted molar refractivity (Wildman–Crippen MR) is 67.9 cm³/mol. The Morgan fingerprint density at radius 1 is 1.50 bits per heavy atom. The van der Waals surface area contributed by atoms with Crippen LogP contribution >= 0.6 is 12.2 Å². The van der Waals surface area contributed by atoms with E-state index in [9.17, 15) is 4.39 Å². The average Bonchev–Trinajstić information content (AvgIpc) is 2.29. The molecule has 0 unspecified atom stereocenters. The fraction of sp³-hybridized carbons (Fsp3) is 0.0909. The third-order valence-corrected chi connectivity index (χ3v) is 1.92. The summed E-state index contributed by atoms with van der Waals surface area (Å²) in [7, 11) is 0. The Hall–Kier alpha value is -1.75. The molecule has 1 aromatic carbocycles.